The molecular weight excluding hydrogens is 208 g/mol. The van der Waals surface area contributed by atoms with Crippen molar-refractivity contribution in [3.05, 3.63) is 35.4 Å². The monoisotopic (exact) mass is 230 g/mol. The molecule has 0 aromatic heterocycles. The molecule has 1 aliphatic heterocycles. The third-order valence-corrected chi connectivity index (χ3v) is 3.68. The van der Waals surface area contributed by atoms with Gasteiger partial charge in [-0.05, 0) is 43.5 Å². The predicted octanol–water partition coefficient (Wildman–Crippen LogP) is 2.75. The zero-order chi connectivity index (χ0) is 12.4. The minimum atomic E-state index is 1.08. The van der Waals surface area contributed by atoms with E-state index in [1.54, 1.807) is 0 Å². The molecule has 1 N–H and O–H groups in total. The van der Waals surface area contributed by atoms with Crippen LogP contribution in [-0.4, -0.2) is 26.2 Å². The number of benzene rings is 1. The zero-order valence-corrected chi connectivity index (χ0v) is 11.1. The Morgan fingerprint density at radius 3 is 2.41 bits per heavy atom. The van der Waals surface area contributed by atoms with Gasteiger partial charge in [0.25, 0.3) is 0 Å². The lowest BCUT2D eigenvalue weighted by Crippen LogP contribution is -2.43. The molecule has 2 rings (SSSR count). The van der Waals surface area contributed by atoms with E-state index in [1.165, 1.54) is 22.4 Å². The lowest BCUT2D eigenvalue weighted by Gasteiger charge is -2.31. The molecule has 0 saturated carbocycles. The molecule has 17 heavy (non-hydrogen) atoms. The number of piperazine rings is 1. The normalized spacial score (nSPS) is 16.1. The van der Waals surface area contributed by atoms with Crippen molar-refractivity contribution in [1.29, 1.82) is 0 Å². The highest BCUT2D eigenvalue weighted by Crippen LogP contribution is 2.28. The molecule has 2 heteroatoms. The maximum absolute atomic E-state index is 4.05. The number of allylic oxidation sites excluding steroid dienone is 1. The highest BCUT2D eigenvalue weighted by atomic mass is 15.2. The second-order valence-corrected chi connectivity index (χ2v) is 4.90. The second kappa shape index (κ2) is 4.92. The van der Waals surface area contributed by atoms with Gasteiger partial charge in [0.2, 0.25) is 0 Å². The van der Waals surface area contributed by atoms with Crippen LogP contribution in [0.25, 0.3) is 5.57 Å². The first-order chi connectivity index (χ1) is 8.11. The third kappa shape index (κ3) is 2.37. The zero-order valence-electron chi connectivity index (χ0n) is 11.1. The molecular formula is C15H22N2. The summed E-state index contributed by atoms with van der Waals surface area (Å²) >= 11 is 0. The molecule has 92 valence electrons. The topological polar surface area (TPSA) is 15.3 Å². The third-order valence-electron chi connectivity index (χ3n) is 3.68. The number of hydrogen-bond donors (Lipinski definition) is 1. The Morgan fingerprint density at radius 1 is 1.18 bits per heavy atom. The summed E-state index contributed by atoms with van der Waals surface area (Å²) in [5.74, 6) is 0. The standard InChI is InChI=1S/C15H22N2/c1-11(2)14-5-6-15(13(4)12(14)3)17-9-7-16-8-10-17/h5-6,16H,1,7-10H2,2-4H3. The number of anilines is 1. The van der Waals surface area contributed by atoms with E-state index in [-0.39, 0.29) is 0 Å². The molecule has 1 aliphatic rings. The summed E-state index contributed by atoms with van der Waals surface area (Å²) in [5.41, 5.74) is 6.59. The first-order valence-corrected chi connectivity index (χ1v) is 6.33. The first kappa shape index (κ1) is 12.2. The van der Waals surface area contributed by atoms with Crippen molar-refractivity contribution in [2.24, 2.45) is 0 Å². The van der Waals surface area contributed by atoms with Crippen molar-refractivity contribution >= 4 is 11.3 Å². The maximum Gasteiger partial charge on any atom is 0.0399 e. The van der Waals surface area contributed by atoms with Gasteiger partial charge in [0, 0.05) is 31.9 Å². The predicted molar refractivity (Wildman–Crippen MR) is 75.7 cm³/mol. The molecule has 1 saturated heterocycles. The van der Waals surface area contributed by atoms with E-state index >= 15 is 0 Å². The van der Waals surface area contributed by atoms with Crippen LogP contribution < -0.4 is 10.2 Å². The van der Waals surface area contributed by atoms with Crippen LogP contribution in [0.15, 0.2) is 18.7 Å². The fourth-order valence-corrected chi connectivity index (χ4v) is 2.52. The van der Waals surface area contributed by atoms with Gasteiger partial charge in [-0.15, -0.1) is 0 Å². The van der Waals surface area contributed by atoms with E-state index in [0.29, 0.717) is 0 Å². The van der Waals surface area contributed by atoms with Crippen LogP contribution in [0.5, 0.6) is 0 Å². The highest BCUT2D eigenvalue weighted by molar-refractivity contribution is 5.70. The number of rotatable bonds is 2. The van der Waals surface area contributed by atoms with Crippen molar-refractivity contribution in [2.45, 2.75) is 20.8 Å². The van der Waals surface area contributed by atoms with E-state index in [1.807, 2.05) is 0 Å². The Bertz CT molecular complexity index is 429. The summed E-state index contributed by atoms with van der Waals surface area (Å²) in [7, 11) is 0. The van der Waals surface area contributed by atoms with E-state index in [2.05, 4.69) is 49.7 Å². The van der Waals surface area contributed by atoms with Gasteiger partial charge >= 0.3 is 0 Å². The van der Waals surface area contributed by atoms with Crippen molar-refractivity contribution in [1.82, 2.24) is 5.32 Å². The van der Waals surface area contributed by atoms with Crippen molar-refractivity contribution < 1.29 is 0 Å². The maximum atomic E-state index is 4.05. The summed E-state index contributed by atoms with van der Waals surface area (Å²) in [4.78, 5) is 2.47. The first-order valence-electron chi connectivity index (χ1n) is 6.33. The van der Waals surface area contributed by atoms with E-state index < -0.39 is 0 Å². The molecule has 1 aromatic rings. The molecule has 0 unspecified atom stereocenters. The van der Waals surface area contributed by atoms with Gasteiger partial charge in [0.05, 0.1) is 0 Å². The Hall–Kier alpha value is -1.28. The van der Waals surface area contributed by atoms with Gasteiger partial charge in [-0.1, -0.05) is 18.2 Å². The fourth-order valence-electron chi connectivity index (χ4n) is 2.52. The van der Waals surface area contributed by atoms with Gasteiger partial charge in [-0.25, -0.2) is 0 Å². The van der Waals surface area contributed by atoms with Crippen molar-refractivity contribution in [3.8, 4) is 0 Å². The van der Waals surface area contributed by atoms with Gasteiger partial charge in [0.1, 0.15) is 0 Å². The highest BCUT2D eigenvalue weighted by Gasteiger charge is 2.14. The smallest absolute Gasteiger partial charge is 0.0399 e. The molecule has 0 atom stereocenters. The molecule has 0 aliphatic carbocycles. The summed E-state index contributed by atoms with van der Waals surface area (Å²) in [6.07, 6.45) is 0. The van der Waals surface area contributed by atoms with Crippen LogP contribution in [0.4, 0.5) is 5.69 Å². The quantitative estimate of drug-likeness (QED) is 0.840. The number of nitrogens with one attached hydrogen (secondary N) is 1. The molecule has 1 aromatic carbocycles. The Morgan fingerprint density at radius 2 is 1.82 bits per heavy atom. The Kier molecular flexibility index (Phi) is 3.53. The van der Waals surface area contributed by atoms with E-state index in [9.17, 15) is 0 Å². The lowest BCUT2D eigenvalue weighted by molar-refractivity contribution is 0.588. The van der Waals surface area contributed by atoms with Gasteiger partial charge in [-0.3, -0.25) is 0 Å². The Balaban J connectivity index is 2.36. The molecule has 1 heterocycles. The van der Waals surface area contributed by atoms with Crippen LogP contribution >= 0.6 is 0 Å². The summed E-state index contributed by atoms with van der Waals surface area (Å²) in [5, 5.41) is 3.39. The lowest BCUT2D eigenvalue weighted by atomic mass is 9.96. The summed E-state index contributed by atoms with van der Waals surface area (Å²) in [6, 6.07) is 4.46. The summed E-state index contributed by atoms with van der Waals surface area (Å²) < 4.78 is 0. The summed E-state index contributed by atoms with van der Waals surface area (Å²) in [6.45, 7) is 14.9. The molecule has 0 bridgehead atoms. The molecule has 0 amide bonds. The van der Waals surface area contributed by atoms with Crippen LogP contribution in [0.2, 0.25) is 0 Å². The fraction of sp³-hybridized carbons (Fsp3) is 0.467. The number of nitrogens with zero attached hydrogens (tertiary/aromatic N) is 1. The second-order valence-electron chi connectivity index (χ2n) is 4.90. The largest absolute Gasteiger partial charge is 0.369 e. The average Bonchev–Trinajstić information content (AvgIpc) is 2.33. The van der Waals surface area contributed by atoms with Gasteiger partial charge in [0.15, 0.2) is 0 Å². The molecule has 1 fully saturated rings. The van der Waals surface area contributed by atoms with Crippen molar-refractivity contribution in [3.63, 3.8) is 0 Å². The number of hydrogen-bond acceptors (Lipinski definition) is 2. The van der Waals surface area contributed by atoms with Crippen LogP contribution in [0.1, 0.15) is 23.6 Å². The average molecular weight is 230 g/mol. The van der Waals surface area contributed by atoms with Crippen LogP contribution in [0.3, 0.4) is 0 Å². The minimum Gasteiger partial charge on any atom is -0.369 e. The van der Waals surface area contributed by atoms with Gasteiger partial charge < -0.3 is 10.2 Å². The minimum absolute atomic E-state index is 1.08. The molecule has 0 radical (unpaired) electrons. The molecule has 0 spiro atoms. The molecule has 2 nitrogen and oxygen atoms in total. The van der Waals surface area contributed by atoms with Gasteiger partial charge in [-0.2, -0.15) is 0 Å². The SMILES string of the molecule is C=C(C)c1ccc(N2CCNCC2)c(C)c1C. The van der Waals surface area contributed by atoms with Crippen LogP contribution in [-0.2, 0) is 0 Å². The Labute approximate surface area is 104 Å². The van der Waals surface area contributed by atoms with E-state index in [4.69, 9.17) is 0 Å². The van der Waals surface area contributed by atoms with E-state index in [0.717, 1.165) is 31.8 Å². The van der Waals surface area contributed by atoms with Crippen LogP contribution in [0, 0.1) is 13.8 Å². The van der Waals surface area contributed by atoms with Crippen molar-refractivity contribution in [2.75, 3.05) is 31.1 Å².